The van der Waals surface area contributed by atoms with E-state index in [1.54, 1.807) is 26.2 Å². The van der Waals surface area contributed by atoms with E-state index < -0.39 is 10.0 Å². The Morgan fingerprint density at radius 3 is 2.42 bits per heavy atom. The van der Waals surface area contributed by atoms with Crippen LogP contribution in [-0.2, 0) is 10.0 Å². The first kappa shape index (κ1) is 14.3. The Morgan fingerprint density at radius 1 is 1.26 bits per heavy atom. The summed E-state index contributed by atoms with van der Waals surface area (Å²) < 4.78 is 25.9. The van der Waals surface area contributed by atoms with Crippen molar-refractivity contribution in [3.8, 4) is 0 Å². The lowest BCUT2D eigenvalue weighted by molar-refractivity contribution is 0.520. The van der Waals surface area contributed by atoms with E-state index in [-0.39, 0.29) is 6.04 Å². The fraction of sp³-hybridized carbons (Fsp3) is 0.538. The minimum atomic E-state index is -3.43. The molecule has 0 aliphatic carbocycles. The van der Waals surface area contributed by atoms with Gasteiger partial charge in [-0.3, -0.25) is 0 Å². The first-order valence-electron chi connectivity index (χ1n) is 6.36. The molecule has 19 heavy (non-hydrogen) atoms. The average Bonchev–Trinajstić information content (AvgIpc) is 2.69. The van der Waals surface area contributed by atoms with E-state index in [1.807, 2.05) is 12.1 Å². The zero-order valence-electron chi connectivity index (χ0n) is 11.6. The van der Waals surface area contributed by atoms with Crippen LogP contribution in [0, 0.1) is 5.92 Å². The van der Waals surface area contributed by atoms with E-state index in [4.69, 9.17) is 5.73 Å². The molecule has 0 spiro atoms. The molecule has 1 aromatic carbocycles. The van der Waals surface area contributed by atoms with Gasteiger partial charge in [0.1, 0.15) is 4.90 Å². The lowest BCUT2D eigenvalue weighted by atomic mass is 10.1. The van der Waals surface area contributed by atoms with Crippen molar-refractivity contribution < 1.29 is 8.42 Å². The van der Waals surface area contributed by atoms with Crippen LogP contribution in [0.4, 0.5) is 5.69 Å². The van der Waals surface area contributed by atoms with Crippen molar-refractivity contribution in [3.05, 3.63) is 24.3 Å². The van der Waals surface area contributed by atoms with Gasteiger partial charge in [-0.25, -0.2) is 12.7 Å². The Hall–Kier alpha value is -1.11. The van der Waals surface area contributed by atoms with Crippen LogP contribution in [0.25, 0.3) is 0 Å². The quantitative estimate of drug-likeness (QED) is 0.887. The molecule has 1 saturated heterocycles. The molecule has 2 N–H and O–H groups in total. The maximum Gasteiger partial charge on any atom is 0.244 e. The Bertz CT molecular complexity index is 547. The number of rotatable bonds is 3. The monoisotopic (exact) mass is 283 g/mol. The fourth-order valence-electron chi connectivity index (χ4n) is 2.32. The van der Waals surface area contributed by atoms with E-state index in [2.05, 4.69) is 11.8 Å². The van der Waals surface area contributed by atoms with Crippen LogP contribution in [-0.4, -0.2) is 45.9 Å². The van der Waals surface area contributed by atoms with Crippen molar-refractivity contribution in [2.24, 2.45) is 11.7 Å². The zero-order valence-corrected chi connectivity index (χ0v) is 12.4. The number of hydrogen-bond acceptors (Lipinski definition) is 4. The average molecular weight is 283 g/mol. The van der Waals surface area contributed by atoms with Gasteiger partial charge in [0.05, 0.1) is 5.69 Å². The van der Waals surface area contributed by atoms with Gasteiger partial charge in [-0.2, -0.15) is 0 Å². The largest absolute Gasteiger partial charge is 0.369 e. The van der Waals surface area contributed by atoms with Gasteiger partial charge in [-0.1, -0.05) is 19.1 Å². The molecule has 1 aliphatic heterocycles. The standard InChI is InChI=1S/C13H21N3O2S/c1-10-8-16(9-11(10)14)12-6-4-5-7-13(12)19(17,18)15(2)3/h4-7,10-11H,8-9,14H2,1-3H3. The number of nitrogens with two attached hydrogens (primary N) is 1. The molecule has 2 rings (SSSR count). The SMILES string of the molecule is CC1CN(c2ccccc2S(=O)(=O)N(C)C)CC1N. The highest BCUT2D eigenvalue weighted by Gasteiger charge is 2.30. The van der Waals surface area contributed by atoms with Crippen molar-refractivity contribution in [1.29, 1.82) is 0 Å². The summed E-state index contributed by atoms with van der Waals surface area (Å²) in [6, 6.07) is 7.20. The van der Waals surface area contributed by atoms with Crippen molar-refractivity contribution >= 4 is 15.7 Å². The van der Waals surface area contributed by atoms with E-state index in [1.165, 1.54) is 4.31 Å². The summed E-state index contributed by atoms with van der Waals surface area (Å²) in [6.45, 7) is 3.58. The van der Waals surface area contributed by atoms with Gasteiger partial charge in [0.15, 0.2) is 0 Å². The number of sulfonamides is 1. The Kier molecular flexibility index (Phi) is 3.85. The molecule has 6 heteroatoms. The predicted octanol–water partition coefficient (Wildman–Crippen LogP) is 0.720. The topological polar surface area (TPSA) is 66.6 Å². The molecule has 1 aliphatic rings. The first-order valence-corrected chi connectivity index (χ1v) is 7.80. The summed E-state index contributed by atoms with van der Waals surface area (Å²) in [5.41, 5.74) is 6.77. The summed E-state index contributed by atoms with van der Waals surface area (Å²) in [4.78, 5) is 2.41. The van der Waals surface area contributed by atoms with Crippen molar-refractivity contribution in [2.75, 3.05) is 32.1 Å². The molecular formula is C13H21N3O2S. The third-order valence-corrected chi connectivity index (χ3v) is 5.50. The molecule has 0 radical (unpaired) electrons. The molecule has 2 unspecified atom stereocenters. The van der Waals surface area contributed by atoms with E-state index in [0.717, 1.165) is 12.2 Å². The Morgan fingerprint density at radius 2 is 1.89 bits per heavy atom. The minimum absolute atomic E-state index is 0.0927. The van der Waals surface area contributed by atoms with E-state index in [0.29, 0.717) is 17.4 Å². The normalized spacial score (nSPS) is 24.2. The van der Waals surface area contributed by atoms with Crippen molar-refractivity contribution in [1.82, 2.24) is 4.31 Å². The lowest BCUT2D eigenvalue weighted by Crippen LogP contribution is -2.30. The van der Waals surface area contributed by atoms with Gasteiger partial charge in [0, 0.05) is 33.2 Å². The molecule has 106 valence electrons. The highest BCUT2D eigenvalue weighted by Crippen LogP contribution is 2.30. The van der Waals surface area contributed by atoms with E-state index >= 15 is 0 Å². The maximum absolute atomic E-state index is 12.3. The third kappa shape index (κ3) is 2.61. The summed E-state index contributed by atoms with van der Waals surface area (Å²) in [6.07, 6.45) is 0. The minimum Gasteiger partial charge on any atom is -0.369 e. The fourth-order valence-corrected chi connectivity index (χ4v) is 3.43. The van der Waals surface area contributed by atoms with Crippen LogP contribution in [0.2, 0.25) is 0 Å². The van der Waals surface area contributed by atoms with Gasteiger partial charge in [0.2, 0.25) is 10.0 Å². The molecule has 0 bridgehead atoms. The van der Waals surface area contributed by atoms with Crippen LogP contribution >= 0.6 is 0 Å². The van der Waals surface area contributed by atoms with Gasteiger partial charge in [-0.05, 0) is 18.1 Å². The first-order chi connectivity index (χ1) is 8.84. The van der Waals surface area contributed by atoms with Gasteiger partial charge >= 0.3 is 0 Å². The predicted molar refractivity (Wildman–Crippen MR) is 76.7 cm³/mol. The van der Waals surface area contributed by atoms with E-state index in [9.17, 15) is 8.42 Å². The molecule has 1 aromatic rings. The van der Waals surface area contributed by atoms with Crippen LogP contribution in [0.15, 0.2) is 29.2 Å². The van der Waals surface area contributed by atoms with Gasteiger partial charge in [-0.15, -0.1) is 0 Å². The Labute approximate surface area is 115 Å². The summed E-state index contributed by atoms with van der Waals surface area (Å²) >= 11 is 0. The summed E-state index contributed by atoms with van der Waals surface area (Å²) in [5.74, 6) is 0.370. The van der Waals surface area contributed by atoms with Gasteiger partial charge < -0.3 is 10.6 Å². The summed E-state index contributed by atoms with van der Waals surface area (Å²) in [7, 11) is -0.337. The molecule has 1 fully saturated rings. The second kappa shape index (κ2) is 5.11. The molecule has 5 nitrogen and oxygen atoms in total. The van der Waals surface area contributed by atoms with Crippen LogP contribution in [0.5, 0.6) is 0 Å². The smallest absolute Gasteiger partial charge is 0.244 e. The summed E-state index contributed by atoms with van der Waals surface area (Å²) in [5, 5.41) is 0. The second-order valence-electron chi connectivity index (χ2n) is 5.30. The van der Waals surface area contributed by atoms with Crippen LogP contribution < -0.4 is 10.6 Å². The molecule has 1 heterocycles. The number of hydrogen-bond donors (Lipinski definition) is 1. The third-order valence-electron chi connectivity index (χ3n) is 3.64. The highest BCUT2D eigenvalue weighted by atomic mass is 32.2. The number of para-hydroxylation sites is 1. The molecule has 2 atom stereocenters. The van der Waals surface area contributed by atoms with Crippen molar-refractivity contribution in [2.45, 2.75) is 17.9 Å². The Balaban J connectivity index is 2.44. The molecule has 0 saturated carbocycles. The maximum atomic E-state index is 12.3. The van der Waals surface area contributed by atoms with Crippen LogP contribution in [0.3, 0.4) is 0 Å². The van der Waals surface area contributed by atoms with Gasteiger partial charge in [0.25, 0.3) is 0 Å². The zero-order chi connectivity index (χ0) is 14.2. The highest BCUT2D eigenvalue weighted by molar-refractivity contribution is 7.89. The number of benzene rings is 1. The number of anilines is 1. The van der Waals surface area contributed by atoms with Crippen molar-refractivity contribution in [3.63, 3.8) is 0 Å². The molecule has 0 amide bonds. The lowest BCUT2D eigenvalue weighted by Gasteiger charge is -2.23. The molecular weight excluding hydrogens is 262 g/mol. The second-order valence-corrected chi connectivity index (χ2v) is 7.42. The molecule has 0 aromatic heterocycles. The number of nitrogens with zero attached hydrogens (tertiary/aromatic N) is 2. The van der Waals surface area contributed by atoms with Crippen LogP contribution in [0.1, 0.15) is 6.92 Å².